The number of sulfonamides is 1. The van der Waals surface area contributed by atoms with Crippen molar-refractivity contribution in [1.29, 1.82) is 0 Å². The monoisotopic (exact) mass is 387 g/mol. The van der Waals surface area contributed by atoms with Gasteiger partial charge in [0.25, 0.3) is 10.0 Å². The van der Waals surface area contributed by atoms with Crippen molar-refractivity contribution in [2.45, 2.75) is 18.1 Å². The van der Waals surface area contributed by atoms with Gasteiger partial charge in [-0.05, 0) is 22.9 Å². The summed E-state index contributed by atoms with van der Waals surface area (Å²) in [5.74, 6) is 0. The molecule has 9 heteroatoms. The van der Waals surface area contributed by atoms with Gasteiger partial charge in [-0.25, -0.2) is 13.4 Å². The van der Waals surface area contributed by atoms with Gasteiger partial charge in [-0.2, -0.15) is 4.31 Å². The number of thiophene rings is 2. The van der Waals surface area contributed by atoms with Gasteiger partial charge < -0.3 is 4.57 Å². The molecule has 0 bridgehead atoms. The molecule has 0 radical (unpaired) electrons. The average molecular weight is 388 g/mol. The van der Waals surface area contributed by atoms with Crippen molar-refractivity contribution in [1.82, 2.24) is 13.9 Å². The van der Waals surface area contributed by atoms with E-state index in [1.807, 2.05) is 35.0 Å². The van der Waals surface area contributed by atoms with Crippen LogP contribution in [0.15, 0.2) is 46.4 Å². The third-order valence-corrected chi connectivity index (χ3v) is 7.25. The van der Waals surface area contributed by atoms with Crippen LogP contribution in [-0.4, -0.2) is 22.3 Å². The Morgan fingerprint density at radius 3 is 2.13 bits per heavy atom. The maximum atomic E-state index is 13.0. The first-order valence-electron chi connectivity index (χ1n) is 6.70. The van der Waals surface area contributed by atoms with Crippen LogP contribution in [0.3, 0.4) is 0 Å². The Bertz CT molecular complexity index is 834. The number of nitrogens with zero attached hydrogens (tertiary/aromatic N) is 3. The lowest BCUT2D eigenvalue weighted by atomic mass is 10.4. The molecule has 0 aromatic carbocycles. The van der Waals surface area contributed by atoms with Crippen LogP contribution in [0.2, 0.25) is 5.15 Å². The fourth-order valence-electron chi connectivity index (χ4n) is 2.07. The summed E-state index contributed by atoms with van der Waals surface area (Å²) in [6, 6.07) is 7.65. The second-order valence-corrected chi connectivity index (χ2v) is 9.16. The molecule has 0 saturated carbocycles. The lowest BCUT2D eigenvalue weighted by Gasteiger charge is -2.20. The summed E-state index contributed by atoms with van der Waals surface area (Å²) in [5.41, 5.74) is 0. The van der Waals surface area contributed by atoms with Crippen LogP contribution in [0.1, 0.15) is 9.75 Å². The molecule has 3 aromatic rings. The standard InChI is InChI=1S/C14H14ClN3O2S3/c1-17-10-16-14(13(17)15)23(19,20)18(8-11-4-2-6-21-11)9-12-5-3-7-22-12/h2-7,10H,8-9H2,1H3. The minimum atomic E-state index is -3.78. The topological polar surface area (TPSA) is 55.2 Å². The first-order chi connectivity index (χ1) is 11.0. The van der Waals surface area contributed by atoms with E-state index in [0.29, 0.717) is 13.1 Å². The first kappa shape index (κ1) is 16.7. The lowest BCUT2D eigenvalue weighted by Crippen LogP contribution is -2.30. The zero-order chi connectivity index (χ0) is 16.4. The predicted molar refractivity (Wildman–Crippen MR) is 93.3 cm³/mol. The van der Waals surface area contributed by atoms with Crippen LogP contribution in [-0.2, 0) is 30.2 Å². The van der Waals surface area contributed by atoms with E-state index >= 15 is 0 Å². The molecule has 0 N–H and O–H groups in total. The smallest absolute Gasteiger partial charge is 0.264 e. The highest BCUT2D eigenvalue weighted by Crippen LogP contribution is 2.27. The van der Waals surface area contributed by atoms with Crippen molar-refractivity contribution >= 4 is 44.3 Å². The molecule has 3 aromatic heterocycles. The summed E-state index contributed by atoms with van der Waals surface area (Å²) in [6.45, 7) is 0.593. The second kappa shape index (κ2) is 6.74. The van der Waals surface area contributed by atoms with Crippen molar-refractivity contribution in [2.24, 2.45) is 7.05 Å². The molecule has 0 fully saturated rings. The lowest BCUT2D eigenvalue weighted by molar-refractivity contribution is 0.405. The van der Waals surface area contributed by atoms with Crippen LogP contribution < -0.4 is 0 Å². The summed E-state index contributed by atoms with van der Waals surface area (Å²) in [7, 11) is -2.12. The fraction of sp³-hybridized carbons (Fsp3) is 0.214. The van der Waals surface area contributed by atoms with E-state index in [0.717, 1.165) is 9.75 Å². The van der Waals surface area contributed by atoms with Crippen molar-refractivity contribution in [3.8, 4) is 0 Å². The molecular formula is C14H14ClN3O2S3. The molecular weight excluding hydrogens is 374 g/mol. The minimum Gasteiger partial charge on any atom is -0.324 e. The Balaban J connectivity index is 1.97. The fourth-order valence-corrected chi connectivity index (χ4v) is 5.45. The van der Waals surface area contributed by atoms with Gasteiger partial charge in [0.15, 0.2) is 0 Å². The minimum absolute atomic E-state index is 0.102. The third-order valence-electron chi connectivity index (χ3n) is 3.24. The molecule has 0 spiro atoms. The highest BCUT2D eigenvalue weighted by molar-refractivity contribution is 7.89. The van der Waals surface area contributed by atoms with E-state index in [9.17, 15) is 8.42 Å². The normalized spacial score (nSPS) is 12.1. The second-order valence-electron chi connectivity index (χ2n) is 4.88. The average Bonchev–Trinajstić information content (AvgIpc) is 3.23. The Hall–Kier alpha value is -1.19. The van der Waals surface area contributed by atoms with Crippen LogP contribution in [0.5, 0.6) is 0 Å². The first-order valence-corrected chi connectivity index (χ1v) is 10.3. The van der Waals surface area contributed by atoms with E-state index in [2.05, 4.69) is 4.98 Å². The molecule has 0 aliphatic heterocycles. The zero-order valence-electron chi connectivity index (χ0n) is 12.2. The Morgan fingerprint density at radius 2 is 1.74 bits per heavy atom. The quantitative estimate of drug-likeness (QED) is 0.649. The molecule has 0 atom stereocenters. The van der Waals surface area contributed by atoms with Gasteiger partial charge in [0.05, 0.1) is 6.33 Å². The van der Waals surface area contributed by atoms with Crippen molar-refractivity contribution in [3.05, 3.63) is 56.3 Å². The van der Waals surface area contributed by atoms with E-state index in [1.54, 1.807) is 7.05 Å². The number of aryl methyl sites for hydroxylation is 1. The van der Waals surface area contributed by atoms with E-state index in [1.165, 1.54) is 37.9 Å². The van der Waals surface area contributed by atoms with Crippen molar-refractivity contribution in [3.63, 3.8) is 0 Å². The zero-order valence-corrected chi connectivity index (χ0v) is 15.4. The molecule has 0 aliphatic rings. The maximum absolute atomic E-state index is 13.0. The maximum Gasteiger partial charge on any atom is 0.264 e. The predicted octanol–water partition coefficient (Wildman–Crippen LogP) is 3.59. The third kappa shape index (κ3) is 3.51. The molecule has 0 saturated heterocycles. The van der Waals surface area contributed by atoms with Crippen LogP contribution in [0, 0.1) is 0 Å². The SMILES string of the molecule is Cn1cnc(S(=O)(=O)N(Cc2cccs2)Cc2cccs2)c1Cl. The van der Waals surface area contributed by atoms with Crippen LogP contribution >= 0.6 is 34.3 Å². The molecule has 5 nitrogen and oxygen atoms in total. The molecule has 0 unspecified atom stereocenters. The van der Waals surface area contributed by atoms with Gasteiger partial charge >= 0.3 is 0 Å². The van der Waals surface area contributed by atoms with Gasteiger partial charge in [-0.15, -0.1) is 22.7 Å². The van der Waals surface area contributed by atoms with Gasteiger partial charge in [0, 0.05) is 29.9 Å². The number of hydrogen-bond donors (Lipinski definition) is 0. The number of aromatic nitrogens is 2. The van der Waals surface area contributed by atoms with Crippen LogP contribution in [0.4, 0.5) is 0 Å². The van der Waals surface area contributed by atoms with Crippen LogP contribution in [0.25, 0.3) is 0 Å². The molecule has 3 rings (SSSR count). The molecule has 3 heterocycles. The summed E-state index contributed by atoms with van der Waals surface area (Å²) >= 11 is 9.15. The number of imidazole rings is 1. The highest BCUT2D eigenvalue weighted by atomic mass is 35.5. The Morgan fingerprint density at radius 1 is 1.17 bits per heavy atom. The molecule has 0 amide bonds. The summed E-state index contributed by atoms with van der Waals surface area (Å²) in [5, 5.41) is 3.88. The number of halogens is 1. The van der Waals surface area contributed by atoms with Gasteiger partial charge in [-0.3, -0.25) is 0 Å². The summed E-state index contributed by atoms with van der Waals surface area (Å²) < 4.78 is 28.9. The molecule has 0 aliphatic carbocycles. The molecule has 23 heavy (non-hydrogen) atoms. The largest absolute Gasteiger partial charge is 0.324 e. The Labute approximate surface area is 147 Å². The number of hydrogen-bond acceptors (Lipinski definition) is 5. The van der Waals surface area contributed by atoms with Crippen molar-refractivity contribution < 1.29 is 8.42 Å². The molecule has 122 valence electrons. The Kier molecular flexibility index (Phi) is 4.88. The van der Waals surface area contributed by atoms with E-state index < -0.39 is 10.0 Å². The summed E-state index contributed by atoms with van der Waals surface area (Å²) in [6.07, 6.45) is 1.41. The summed E-state index contributed by atoms with van der Waals surface area (Å²) in [4.78, 5) is 5.91. The van der Waals surface area contributed by atoms with Gasteiger partial charge in [0.2, 0.25) is 5.03 Å². The highest BCUT2D eigenvalue weighted by Gasteiger charge is 2.30. The van der Waals surface area contributed by atoms with Crippen molar-refractivity contribution in [2.75, 3.05) is 0 Å². The van der Waals surface area contributed by atoms with E-state index in [4.69, 9.17) is 11.6 Å². The van der Waals surface area contributed by atoms with E-state index in [-0.39, 0.29) is 10.2 Å². The van der Waals surface area contributed by atoms with Gasteiger partial charge in [0.1, 0.15) is 5.15 Å². The number of rotatable bonds is 6. The van der Waals surface area contributed by atoms with Gasteiger partial charge in [-0.1, -0.05) is 23.7 Å².